The van der Waals surface area contributed by atoms with Crippen LogP contribution in [-0.2, 0) is 9.53 Å². The largest absolute Gasteiger partial charge is 0.493 e. The maximum absolute atomic E-state index is 14.0. The van der Waals surface area contributed by atoms with Crippen LogP contribution in [0.2, 0.25) is 0 Å². The van der Waals surface area contributed by atoms with Crippen LogP contribution >= 0.6 is 11.3 Å². The average molecular weight is 620 g/mol. The van der Waals surface area contributed by atoms with Gasteiger partial charge in [0.1, 0.15) is 11.5 Å². The van der Waals surface area contributed by atoms with E-state index in [0.717, 1.165) is 16.9 Å². The molecular formula is C31H29N3O9S. The molecule has 0 aliphatic carbocycles. The summed E-state index contributed by atoms with van der Waals surface area (Å²) in [5.41, 5.74) is 2.01. The fourth-order valence-corrected chi connectivity index (χ4v) is 6.09. The smallest absolute Gasteiger partial charge is 0.338 e. The van der Waals surface area contributed by atoms with Crippen molar-refractivity contribution in [3.63, 3.8) is 0 Å². The Morgan fingerprint density at radius 2 is 1.80 bits per heavy atom. The van der Waals surface area contributed by atoms with Gasteiger partial charge in [0, 0.05) is 23.8 Å². The van der Waals surface area contributed by atoms with Gasteiger partial charge in [0.15, 0.2) is 16.3 Å². The number of ether oxygens (including phenoxy) is 4. The Morgan fingerprint density at radius 3 is 2.41 bits per heavy atom. The molecule has 12 nitrogen and oxygen atoms in total. The van der Waals surface area contributed by atoms with Crippen molar-refractivity contribution in [2.24, 2.45) is 4.99 Å². The minimum Gasteiger partial charge on any atom is -0.493 e. The van der Waals surface area contributed by atoms with E-state index in [1.54, 1.807) is 50.3 Å². The maximum atomic E-state index is 14.0. The fourth-order valence-electron chi connectivity index (χ4n) is 5.06. The molecule has 0 spiro atoms. The van der Waals surface area contributed by atoms with Crippen molar-refractivity contribution in [1.82, 2.24) is 4.57 Å². The summed E-state index contributed by atoms with van der Waals surface area (Å²) < 4.78 is 29.7. The number of nitro benzene ring substituents is 1. The topological polar surface area (TPSA) is 145 Å². The van der Waals surface area contributed by atoms with E-state index in [2.05, 4.69) is 4.99 Å². The molecule has 0 fully saturated rings. The SMILES string of the molecule is CCOC(=O)C1=C(C)N=c2s/c(=C\c3ccc(-c4cc([N+](=O)[O-])ccc4C)o3)c(=O)n2C1c1cc(OC)c(OC)c(OC)c1. The second-order valence-electron chi connectivity index (χ2n) is 9.72. The van der Waals surface area contributed by atoms with Gasteiger partial charge < -0.3 is 23.4 Å². The number of carbonyl (C=O) groups is 1. The lowest BCUT2D eigenvalue weighted by atomic mass is 9.95. The van der Waals surface area contributed by atoms with Crippen molar-refractivity contribution < 1.29 is 33.1 Å². The number of furan rings is 1. The number of thiazole rings is 1. The van der Waals surface area contributed by atoms with Crippen LogP contribution in [0.4, 0.5) is 5.69 Å². The second-order valence-corrected chi connectivity index (χ2v) is 10.7. The molecule has 0 bridgehead atoms. The summed E-state index contributed by atoms with van der Waals surface area (Å²) in [6, 6.07) is 10.3. The third kappa shape index (κ3) is 5.37. The number of carbonyl (C=O) groups excluding carboxylic acids is 1. The molecule has 1 unspecified atom stereocenters. The van der Waals surface area contributed by atoms with E-state index in [0.29, 0.717) is 54.9 Å². The maximum Gasteiger partial charge on any atom is 0.338 e. The molecular weight excluding hydrogens is 590 g/mol. The van der Waals surface area contributed by atoms with E-state index in [1.807, 2.05) is 6.92 Å². The van der Waals surface area contributed by atoms with Crippen molar-refractivity contribution in [3.05, 3.63) is 100 Å². The number of methoxy groups -OCH3 is 3. The Kier molecular flexibility index (Phi) is 8.41. The number of hydrogen-bond donors (Lipinski definition) is 0. The van der Waals surface area contributed by atoms with Gasteiger partial charge in [-0.3, -0.25) is 19.5 Å². The molecule has 0 saturated carbocycles. The molecule has 44 heavy (non-hydrogen) atoms. The number of non-ortho nitro benzene ring substituents is 1. The summed E-state index contributed by atoms with van der Waals surface area (Å²) in [5, 5.41) is 11.3. The molecule has 3 heterocycles. The Hall–Kier alpha value is -5.17. The third-order valence-corrected chi connectivity index (χ3v) is 8.10. The standard InChI is InChI=1S/C31H29N3O9S/c1-7-42-30(36)26-17(3)32-31-33(27(26)18-12-23(39-4)28(41-6)24(13-18)40-5)29(35)25(44-31)15-20-10-11-22(43-20)21-14-19(34(37)38)9-8-16(21)2/h8-15,27H,7H2,1-6H3/b25-15-. The lowest BCUT2D eigenvalue weighted by Gasteiger charge is -2.26. The van der Waals surface area contributed by atoms with Gasteiger partial charge in [-0.1, -0.05) is 17.4 Å². The number of nitrogens with zero attached hydrogens (tertiary/aromatic N) is 3. The highest BCUT2D eigenvalue weighted by Crippen LogP contribution is 2.42. The normalized spacial score (nSPS) is 14.6. The number of aryl methyl sites for hydroxylation is 1. The van der Waals surface area contributed by atoms with Crippen LogP contribution in [0.3, 0.4) is 0 Å². The Balaban J connectivity index is 1.68. The molecule has 13 heteroatoms. The van der Waals surface area contributed by atoms with Crippen molar-refractivity contribution in [2.45, 2.75) is 26.8 Å². The number of nitro groups is 1. The van der Waals surface area contributed by atoms with Crippen LogP contribution in [0.5, 0.6) is 17.2 Å². The minimum absolute atomic E-state index is 0.0589. The first-order valence-corrected chi connectivity index (χ1v) is 14.3. The highest BCUT2D eigenvalue weighted by molar-refractivity contribution is 7.07. The Morgan fingerprint density at radius 1 is 1.09 bits per heavy atom. The van der Waals surface area contributed by atoms with E-state index in [9.17, 15) is 19.7 Å². The molecule has 0 saturated heterocycles. The Bertz CT molecular complexity index is 1980. The molecule has 0 radical (unpaired) electrons. The predicted molar refractivity (Wildman–Crippen MR) is 162 cm³/mol. The summed E-state index contributed by atoms with van der Waals surface area (Å²) in [6.07, 6.45) is 1.58. The summed E-state index contributed by atoms with van der Waals surface area (Å²) in [4.78, 5) is 43.1. The van der Waals surface area contributed by atoms with Crippen molar-refractivity contribution in [3.8, 4) is 28.6 Å². The Labute approximate surface area is 255 Å². The monoisotopic (exact) mass is 619 g/mol. The molecule has 5 rings (SSSR count). The lowest BCUT2D eigenvalue weighted by molar-refractivity contribution is -0.384. The van der Waals surface area contributed by atoms with Gasteiger partial charge >= 0.3 is 5.97 Å². The number of fused-ring (bicyclic) bond motifs is 1. The highest BCUT2D eigenvalue weighted by Gasteiger charge is 2.34. The van der Waals surface area contributed by atoms with Crippen LogP contribution in [0.25, 0.3) is 17.4 Å². The lowest BCUT2D eigenvalue weighted by Crippen LogP contribution is -2.40. The van der Waals surface area contributed by atoms with Gasteiger partial charge in [0.05, 0.1) is 54.7 Å². The minimum atomic E-state index is -0.916. The molecule has 1 aliphatic rings. The quantitative estimate of drug-likeness (QED) is 0.152. The summed E-state index contributed by atoms with van der Waals surface area (Å²) >= 11 is 1.13. The van der Waals surface area contributed by atoms with Crippen LogP contribution in [0.1, 0.15) is 36.8 Å². The number of rotatable bonds is 9. The molecule has 4 aromatic rings. The van der Waals surface area contributed by atoms with Crippen molar-refractivity contribution in [2.75, 3.05) is 27.9 Å². The molecule has 228 valence electrons. The van der Waals surface area contributed by atoms with Gasteiger partial charge in [-0.05, 0) is 56.2 Å². The summed E-state index contributed by atoms with van der Waals surface area (Å²) in [6.45, 7) is 5.34. The number of benzene rings is 2. The first kappa shape index (κ1) is 30.3. The van der Waals surface area contributed by atoms with E-state index < -0.39 is 22.5 Å². The number of aromatic nitrogens is 1. The zero-order valence-corrected chi connectivity index (χ0v) is 25.6. The van der Waals surface area contributed by atoms with E-state index in [-0.39, 0.29) is 17.9 Å². The van der Waals surface area contributed by atoms with Crippen LogP contribution in [-0.4, -0.2) is 43.4 Å². The third-order valence-electron chi connectivity index (χ3n) is 7.12. The molecule has 0 amide bonds. The first-order chi connectivity index (χ1) is 21.1. The van der Waals surface area contributed by atoms with Crippen LogP contribution in [0.15, 0.2) is 67.9 Å². The number of esters is 1. The molecule has 2 aromatic carbocycles. The summed E-state index contributed by atoms with van der Waals surface area (Å²) in [7, 11) is 4.44. The molecule has 1 aliphatic heterocycles. The van der Waals surface area contributed by atoms with Crippen LogP contribution in [0, 0.1) is 17.0 Å². The van der Waals surface area contributed by atoms with E-state index in [1.165, 1.54) is 38.0 Å². The van der Waals surface area contributed by atoms with Gasteiger partial charge in [0.2, 0.25) is 5.75 Å². The molecule has 2 aromatic heterocycles. The predicted octanol–water partition coefficient (Wildman–Crippen LogP) is 4.30. The van der Waals surface area contributed by atoms with E-state index in [4.69, 9.17) is 23.4 Å². The number of hydrogen-bond acceptors (Lipinski definition) is 11. The molecule has 0 N–H and O–H groups in total. The van der Waals surface area contributed by atoms with Gasteiger partial charge in [-0.25, -0.2) is 9.79 Å². The second kappa shape index (κ2) is 12.2. The zero-order valence-electron chi connectivity index (χ0n) is 24.8. The highest BCUT2D eigenvalue weighted by atomic mass is 32.1. The number of allylic oxidation sites excluding steroid dienone is 1. The first-order valence-electron chi connectivity index (χ1n) is 13.5. The van der Waals surface area contributed by atoms with Gasteiger partial charge in [-0.2, -0.15) is 0 Å². The zero-order chi connectivity index (χ0) is 31.7. The van der Waals surface area contributed by atoms with Crippen molar-refractivity contribution in [1.29, 1.82) is 0 Å². The van der Waals surface area contributed by atoms with E-state index >= 15 is 0 Å². The van der Waals surface area contributed by atoms with Crippen molar-refractivity contribution >= 4 is 29.1 Å². The molecule has 1 atom stereocenters. The van der Waals surface area contributed by atoms with Gasteiger partial charge in [-0.15, -0.1) is 0 Å². The fraction of sp³-hybridized carbons (Fsp3) is 0.258. The van der Waals surface area contributed by atoms with Crippen LogP contribution < -0.4 is 29.1 Å². The van der Waals surface area contributed by atoms with Gasteiger partial charge in [0.25, 0.3) is 11.2 Å². The average Bonchev–Trinajstić information content (AvgIpc) is 3.59. The summed E-state index contributed by atoms with van der Waals surface area (Å²) in [5.74, 6) is 1.23.